The number of aromatic nitrogens is 4. The van der Waals surface area contributed by atoms with Crippen LogP contribution in [0.1, 0.15) is 19.8 Å². The van der Waals surface area contributed by atoms with Crippen LogP contribution in [-0.2, 0) is 21.1 Å². The number of benzene rings is 2. The van der Waals surface area contributed by atoms with Gasteiger partial charge in [0.2, 0.25) is 5.78 Å². The molecule has 0 N–H and O–H groups in total. The van der Waals surface area contributed by atoms with Gasteiger partial charge in [0.15, 0.2) is 15.0 Å². The van der Waals surface area contributed by atoms with Crippen LogP contribution in [0, 0.1) is 0 Å². The van der Waals surface area contributed by atoms with Crippen molar-refractivity contribution in [1.82, 2.24) is 19.2 Å². The second-order valence-electron chi connectivity index (χ2n) is 7.48. The van der Waals surface area contributed by atoms with Crippen molar-refractivity contribution in [2.75, 3.05) is 24.7 Å². The van der Waals surface area contributed by atoms with Gasteiger partial charge in [0.1, 0.15) is 0 Å². The molecule has 174 valence electrons. The van der Waals surface area contributed by atoms with Crippen LogP contribution in [0.5, 0.6) is 0 Å². The van der Waals surface area contributed by atoms with Crippen molar-refractivity contribution in [2.24, 2.45) is 0 Å². The molecule has 0 unspecified atom stereocenters. The first-order chi connectivity index (χ1) is 16.0. The number of thioether (sulfide) groups is 1. The maximum atomic E-state index is 13.1. The molecule has 0 radical (unpaired) electrons. The Kier molecular flexibility index (Phi) is 7.46. The maximum absolute atomic E-state index is 13.1. The average molecular weight is 487 g/mol. The van der Waals surface area contributed by atoms with E-state index in [1.807, 2.05) is 29.5 Å². The lowest BCUT2D eigenvalue weighted by atomic mass is 10.2. The fraction of sp³-hybridized carbons (Fsp3) is 0.348. The fourth-order valence-corrected chi connectivity index (χ4v) is 6.05. The summed E-state index contributed by atoms with van der Waals surface area (Å²) in [4.78, 5) is 13.4. The van der Waals surface area contributed by atoms with Gasteiger partial charge in [0.25, 0.3) is 5.56 Å². The van der Waals surface area contributed by atoms with Gasteiger partial charge in [-0.25, -0.2) is 8.42 Å². The minimum atomic E-state index is -3.32. The first-order valence-corrected chi connectivity index (χ1v) is 13.5. The number of rotatable bonds is 11. The molecule has 10 heteroatoms. The molecule has 0 atom stereocenters. The molecule has 0 saturated carbocycles. The number of ether oxygens (including phenoxy) is 1. The minimum absolute atomic E-state index is 0.0592. The molecule has 0 amide bonds. The van der Waals surface area contributed by atoms with Crippen LogP contribution < -0.4 is 5.56 Å². The minimum Gasteiger partial charge on any atom is -0.382 e. The van der Waals surface area contributed by atoms with Gasteiger partial charge in [-0.05, 0) is 44.0 Å². The molecule has 8 nitrogen and oxygen atoms in total. The number of hydrogen-bond donors (Lipinski definition) is 0. The summed E-state index contributed by atoms with van der Waals surface area (Å²) in [7, 11) is -3.32. The standard InChI is InChI=1S/C23H26N4O4S2/c1-2-31-15-8-14-26-21(28)19-12-6-7-13-20(19)27-22(26)24-25-23(27)32-16-9-17-33(29,30)18-10-4-3-5-11-18/h3-7,10-13H,2,8-9,14-17H2,1H3. The van der Waals surface area contributed by atoms with E-state index in [0.717, 1.165) is 5.52 Å². The summed E-state index contributed by atoms with van der Waals surface area (Å²) >= 11 is 1.44. The Bertz CT molecular complexity index is 1400. The molecule has 0 saturated heterocycles. The summed E-state index contributed by atoms with van der Waals surface area (Å²) in [6.07, 6.45) is 1.16. The van der Waals surface area contributed by atoms with Crippen LogP contribution in [-0.4, -0.2) is 52.3 Å². The van der Waals surface area contributed by atoms with Gasteiger partial charge in [-0.2, -0.15) is 0 Å². The summed E-state index contributed by atoms with van der Waals surface area (Å²) < 4.78 is 34.0. The Morgan fingerprint density at radius 2 is 1.76 bits per heavy atom. The molecule has 0 spiro atoms. The smallest absolute Gasteiger partial charge is 0.262 e. The van der Waals surface area contributed by atoms with Crippen molar-refractivity contribution >= 4 is 38.3 Å². The van der Waals surface area contributed by atoms with Crippen LogP contribution in [0.3, 0.4) is 0 Å². The van der Waals surface area contributed by atoms with E-state index in [1.54, 1.807) is 41.0 Å². The van der Waals surface area contributed by atoms with Gasteiger partial charge >= 0.3 is 0 Å². The first-order valence-electron chi connectivity index (χ1n) is 10.9. The van der Waals surface area contributed by atoms with E-state index < -0.39 is 9.84 Å². The van der Waals surface area contributed by atoms with Crippen molar-refractivity contribution in [1.29, 1.82) is 0 Å². The quantitative estimate of drug-likeness (QED) is 0.237. The average Bonchev–Trinajstić information content (AvgIpc) is 3.26. The molecule has 2 aromatic heterocycles. The largest absolute Gasteiger partial charge is 0.382 e. The van der Waals surface area contributed by atoms with Crippen molar-refractivity contribution in [3.63, 3.8) is 0 Å². The van der Waals surface area contributed by atoms with E-state index >= 15 is 0 Å². The molecular weight excluding hydrogens is 460 g/mol. The molecule has 33 heavy (non-hydrogen) atoms. The Morgan fingerprint density at radius 1 is 1.00 bits per heavy atom. The number of nitrogens with zero attached hydrogens (tertiary/aromatic N) is 4. The van der Waals surface area contributed by atoms with Gasteiger partial charge < -0.3 is 4.74 Å². The van der Waals surface area contributed by atoms with E-state index in [1.165, 1.54) is 11.8 Å². The highest BCUT2D eigenvalue weighted by Gasteiger charge is 2.18. The van der Waals surface area contributed by atoms with Gasteiger partial charge in [-0.3, -0.25) is 13.8 Å². The van der Waals surface area contributed by atoms with Gasteiger partial charge in [-0.15, -0.1) is 10.2 Å². The highest BCUT2D eigenvalue weighted by atomic mass is 32.2. The lowest BCUT2D eigenvalue weighted by molar-refractivity contribution is 0.141. The Hall–Kier alpha value is -2.69. The first kappa shape index (κ1) is 23.5. The number of para-hydroxylation sites is 1. The third kappa shape index (κ3) is 5.13. The van der Waals surface area contributed by atoms with Crippen molar-refractivity contribution in [2.45, 2.75) is 36.4 Å². The Balaban J connectivity index is 1.56. The molecule has 0 aliphatic carbocycles. The SMILES string of the molecule is CCOCCCn1c(=O)c2ccccc2n2c(SCCCS(=O)(=O)c3ccccc3)nnc12. The molecule has 0 aliphatic rings. The van der Waals surface area contributed by atoms with Crippen LogP contribution in [0.15, 0.2) is 69.4 Å². The summed E-state index contributed by atoms with van der Waals surface area (Å²) in [5.74, 6) is 1.10. The number of fused-ring (bicyclic) bond motifs is 3. The predicted molar refractivity (Wildman–Crippen MR) is 130 cm³/mol. The van der Waals surface area contributed by atoms with Crippen LogP contribution in [0.25, 0.3) is 16.7 Å². The zero-order chi connectivity index (χ0) is 23.3. The molecular formula is C23H26N4O4S2. The third-order valence-electron chi connectivity index (χ3n) is 5.24. The lowest BCUT2D eigenvalue weighted by Crippen LogP contribution is -2.24. The summed E-state index contributed by atoms with van der Waals surface area (Å²) in [5, 5.41) is 9.85. The highest BCUT2D eigenvalue weighted by molar-refractivity contribution is 7.99. The zero-order valence-electron chi connectivity index (χ0n) is 18.4. The summed E-state index contributed by atoms with van der Waals surface area (Å²) in [6, 6.07) is 15.9. The highest BCUT2D eigenvalue weighted by Crippen LogP contribution is 2.23. The van der Waals surface area contributed by atoms with Gasteiger partial charge in [0.05, 0.1) is 21.6 Å². The predicted octanol–water partition coefficient (Wildman–Crippen LogP) is 3.43. The number of hydrogen-bond acceptors (Lipinski definition) is 7. The molecule has 0 bridgehead atoms. The summed E-state index contributed by atoms with van der Waals surface area (Å²) in [5.41, 5.74) is 0.635. The zero-order valence-corrected chi connectivity index (χ0v) is 20.0. The van der Waals surface area contributed by atoms with E-state index in [4.69, 9.17) is 4.74 Å². The van der Waals surface area contributed by atoms with E-state index in [2.05, 4.69) is 10.2 Å². The lowest BCUT2D eigenvalue weighted by Gasteiger charge is -2.11. The molecule has 0 aliphatic heterocycles. The monoisotopic (exact) mass is 486 g/mol. The topological polar surface area (TPSA) is 95.6 Å². The number of aryl methyl sites for hydroxylation is 1. The Labute approximate surface area is 196 Å². The maximum Gasteiger partial charge on any atom is 0.262 e. The normalized spacial score (nSPS) is 12.0. The number of sulfone groups is 1. The molecule has 4 rings (SSSR count). The van der Waals surface area contributed by atoms with E-state index in [9.17, 15) is 13.2 Å². The van der Waals surface area contributed by atoms with Crippen molar-refractivity contribution in [3.05, 3.63) is 65.0 Å². The third-order valence-corrected chi connectivity index (χ3v) is 8.08. The fourth-order valence-electron chi connectivity index (χ4n) is 3.66. The van der Waals surface area contributed by atoms with Crippen molar-refractivity contribution in [3.8, 4) is 0 Å². The van der Waals surface area contributed by atoms with E-state index in [0.29, 0.717) is 59.6 Å². The van der Waals surface area contributed by atoms with Crippen LogP contribution in [0.2, 0.25) is 0 Å². The second kappa shape index (κ2) is 10.5. The summed E-state index contributed by atoms with van der Waals surface area (Å²) in [6.45, 7) is 3.61. The van der Waals surface area contributed by atoms with Gasteiger partial charge in [-0.1, -0.05) is 42.1 Å². The van der Waals surface area contributed by atoms with Crippen LogP contribution >= 0.6 is 11.8 Å². The second-order valence-corrected chi connectivity index (χ2v) is 10.6. The Morgan fingerprint density at radius 3 is 2.55 bits per heavy atom. The molecule has 4 aromatic rings. The van der Waals surface area contributed by atoms with Gasteiger partial charge in [0, 0.05) is 25.5 Å². The molecule has 0 fully saturated rings. The van der Waals surface area contributed by atoms with E-state index in [-0.39, 0.29) is 11.3 Å². The van der Waals surface area contributed by atoms with Crippen LogP contribution in [0.4, 0.5) is 0 Å². The molecule has 2 aromatic carbocycles. The van der Waals surface area contributed by atoms with Crippen molar-refractivity contribution < 1.29 is 13.2 Å². The molecule has 2 heterocycles.